The summed E-state index contributed by atoms with van der Waals surface area (Å²) >= 11 is 0. The molecule has 7 heteroatoms. The molecular formula is C14H15F3NO3. The minimum atomic E-state index is -4.70. The Labute approximate surface area is 120 Å². The molecule has 1 aromatic carbocycles. The lowest BCUT2D eigenvalue weighted by atomic mass is 10.1. The molecular weight excluding hydrogens is 287 g/mol. The number of hydrogen-bond donors (Lipinski definition) is 0. The fourth-order valence-electron chi connectivity index (χ4n) is 2.14. The molecule has 0 bridgehead atoms. The van der Waals surface area contributed by atoms with Crippen molar-refractivity contribution in [3.8, 4) is 11.5 Å². The molecule has 1 aliphatic heterocycles. The van der Waals surface area contributed by atoms with Gasteiger partial charge in [0, 0.05) is 32.9 Å². The fraction of sp³-hybridized carbons (Fsp3) is 0.429. The maximum atomic E-state index is 12.0. The van der Waals surface area contributed by atoms with Crippen LogP contribution in [-0.2, 0) is 4.79 Å². The van der Waals surface area contributed by atoms with Crippen LogP contribution in [-0.4, -0.2) is 36.4 Å². The molecule has 1 aromatic rings. The first-order chi connectivity index (χ1) is 9.83. The second kappa shape index (κ2) is 6.24. The number of rotatable bonds is 3. The number of amides is 1. The number of halogens is 3. The number of likely N-dealkylation sites (tertiary alicyclic amines) is 1. The first kappa shape index (κ1) is 15.5. The Hall–Kier alpha value is -1.92. The van der Waals surface area contributed by atoms with E-state index in [1.165, 1.54) is 24.3 Å². The average Bonchev–Trinajstić information content (AvgIpc) is 2.40. The lowest BCUT2D eigenvalue weighted by Gasteiger charge is -2.31. The predicted molar refractivity (Wildman–Crippen MR) is 68.7 cm³/mol. The van der Waals surface area contributed by atoms with Crippen molar-refractivity contribution >= 4 is 5.91 Å². The van der Waals surface area contributed by atoms with Gasteiger partial charge in [-0.05, 0) is 24.3 Å². The highest BCUT2D eigenvalue weighted by Gasteiger charge is 2.31. The molecule has 1 amide bonds. The Bertz CT molecular complexity index is 479. The van der Waals surface area contributed by atoms with E-state index >= 15 is 0 Å². The Kier molecular flexibility index (Phi) is 4.59. The third-order valence-electron chi connectivity index (χ3n) is 3.15. The molecule has 115 valence electrons. The number of alkyl halides is 3. The van der Waals surface area contributed by atoms with Crippen LogP contribution in [0.5, 0.6) is 11.5 Å². The molecule has 0 saturated carbocycles. The molecule has 21 heavy (non-hydrogen) atoms. The molecule has 1 radical (unpaired) electrons. The minimum absolute atomic E-state index is 0.0602. The molecule has 1 saturated heterocycles. The lowest BCUT2D eigenvalue weighted by molar-refractivity contribution is -0.274. The van der Waals surface area contributed by atoms with Gasteiger partial charge in [0.15, 0.2) is 0 Å². The summed E-state index contributed by atoms with van der Waals surface area (Å²) in [4.78, 5) is 12.7. The smallest absolute Gasteiger partial charge is 0.490 e. The zero-order valence-electron chi connectivity index (χ0n) is 11.2. The minimum Gasteiger partial charge on any atom is -0.490 e. The second-order valence-electron chi connectivity index (χ2n) is 4.72. The van der Waals surface area contributed by atoms with Crippen molar-refractivity contribution in [2.24, 2.45) is 0 Å². The third-order valence-corrected chi connectivity index (χ3v) is 3.15. The third kappa shape index (κ3) is 4.84. The van der Waals surface area contributed by atoms with Gasteiger partial charge >= 0.3 is 6.36 Å². The molecule has 1 fully saturated rings. The predicted octanol–water partition coefficient (Wildman–Crippen LogP) is 2.79. The van der Waals surface area contributed by atoms with Crippen molar-refractivity contribution in [1.82, 2.24) is 4.90 Å². The van der Waals surface area contributed by atoms with E-state index < -0.39 is 6.36 Å². The van der Waals surface area contributed by atoms with Crippen molar-refractivity contribution in [1.29, 1.82) is 0 Å². The quantitative estimate of drug-likeness (QED) is 0.862. The van der Waals surface area contributed by atoms with Gasteiger partial charge in [-0.2, -0.15) is 0 Å². The number of nitrogens with zero attached hydrogens (tertiary/aromatic N) is 1. The topological polar surface area (TPSA) is 38.8 Å². The largest absolute Gasteiger partial charge is 0.573 e. The monoisotopic (exact) mass is 302 g/mol. The van der Waals surface area contributed by atoms with Crippen LogP contribution in [0, 0.1) is 6.92 Å². The van der Waals surface area contributed by atoms with Crippen LogP contribution in [0.25, 0.3) is 0 Å². The van der Waals surface area contributed by atoms with E-state index in [2.05, 4.69) is 11.7 Å². The second-order valence-corrected chi connectivity index (χ2v) is 4.72. The highest BCUT2D eigenvalue weighted by atomic mass is 19.4. The van der Waals surface area contributed by atoms with Crippen molar-refractivity contribution in [2.45, 2.75) is 25.3 Å². The van der Waals surface area contributed by atoms with E-state index in [-0.39, 0.29) is 17.8 Å². The zero-order valence-corrected chi connectivity index (χ0v) is 11.2. The van der Waals surface area contributed by atoms with E-state index in [9.17, 15) is 18.0 Å². The van der Waals surface area contributed by atoms with Crippen molar-refractivity contribution < 1.29 is 27.4 Å². The van der Waals surface area contributed by atoms with Crippen LogP contribution >= 0.6 is 0 Å². The number of hydrogen-bond acceptors (Lipinski definition) is 3. The summed E-state index contributed by atoms with van der Waals surface area (Å²) in [5.74, 6) is -0.0154. The normalized spacial score (nSPS) is 16.7. The van der Waals surface area contributed by atoms with Crippen molar-refractivity contribution in [3.63, 3.8) is 0 Å². The summed E-state index contributed by atoms with van der Waals surface area (Å²) in [6.07, 6.45) is -3.42. The van der Waals surface area contributed by atoms with Gasteiger partial charge in [0.25, 0.3) is 0 Å². The summed E-state index contributed by atoms with van der Waals surface area (Å²) in [5, 5.41) is 0. The van der Waals surface area contributed by atoms with Gasteiger partial charge in [-0.15, -0.1) is 13.2 Å². The number of carbonyl (C=O) groups is 1. The molecule has 4 nitrogen and oxygen atoms in total. The van der Waals surface area contributed by atoms with Gasteiger partial charge in [0.05, 0.1) is 0 Å². The van der Waals surface area contributed by atoms with Gasteiger partial charge in [-0.3, -0.25) is 4.79 Å². The van der Waals surface area contributed by atoms with Gasteiger partial charge in [0.2, 0.25) is 5.91 Å². The van der Waals surface area contributed by atoms with E-state index in [1.807, 2.05) is 0 Å². The molecule has 2 rings (SSSR count). The highest BCUT2D eigenvalue weighted by molar-refractivity contribution is 5.80. The number of carbonyl (C=O) groups excluding carboxylic acids is 1. The lowest BCUT2D eigenvalue weighted by Crippen LogP contribution is -2.40. The molecule has 0 atom stereocenters. The van der Waals surface area contributed by atoms with Crippen LogP contribution < -0.4 is 9.47 Å². The van der Waals surface area contributed by atoms with E-state index in [4.69, 9.17) is 4.74 Å². The Morgan fingerprint density at radius 2 is 1.67 bits per heavy atom. The Morgan fingerprint density at radius 1 is 1.14 bits per heavy atom. The molecule has 0 spiro atoms. The summed E-state index contributed by atoms with van der Waals surface area (Å²) in [5.41, 5.74) is 0. The molecule has 0 aliphatic carbocycles. The zero-order chi connectivity index (χ0) is 15.5. The van der Waals surface area contributed by atoms with Crippen LogP contribution in [0.1, 0.15) is 12.8 Å². The molecule has 0 unspecified atom stereocenters. The van der Waals surface area contributed by atoms with Gasteiger partial charge in [-0.25, -0.2) is 0 Å². The first-order valence-corrected chi connectivity index (χ1v) is 6.47. The number of piperidine rings is 1. The van der Waals surface area contributed by atoms with Gasteiger partial charge < -0.3 is 14.4 Å². The standard InChI is InChI=1S/C14H15F3NO3/c1-10(19)18-8-6-12(7-9-18)20-11-2-4-13(5-3-11)21-14(15,16)17/h2-5,12H,1,6-9H2. The Morgan fingerprint density at radius 3 is 2.14 bits per heavy atom. The molecule has 0 aromatic heterocycles. The number of ether oxygens (including phenoxy) is 2. The van der Waals surface area contributed by atoms with Crippen molar-refractivity contribution in [2.75, 3.05) is 13.1 Å². The van der Waals surface area contributed by atoms with Crippen LogP contribution in [0.4, 0.5) is 13.2 Å². The fourth-order valence-corrected chi connectivity index (χ4v) is 2.14. The van der Waals surface area contributed by atoms with Crippen LogP contribution in [0.3, 0.4) is 0 Å². The molecule has 1 heterocycles. The van der Waals surface area contributed by atoms with Gasteiger partial charge in [-0.1, -0.05) is 0 Å². The van der Waals surface area contributed by atoms with E-state index in [0.717, 1.165) is 0 Å². The maximum Gasteiger partial charge on any atom is 0.573 e. The summed E-state index contributed by atoms with van der Waals surface area (Å²) in [6.45, 7) is 4.49. The summed E-state index contributed by atoms with van der Waals surface area (Å²) in [7, 11) is 0. The van der Waals surface area contributed by atoms with Crippen molar-refractivity contribution in [3.05, 3.63) is 31.2 Å². The van der Waals surface area contributed by atoms with Gasteiger partial charge in [0.1, 0.15) is 17.6 Å². The molecule has 1 aliphatic rings. The van der Waals surface area contributed by atoms with Crippen LogP contribution in [0.2, 0.25) is 0 Å². The molecule has 0 N–H and O–H groups in total. The average molecular weight is 302 g/mol. The SMILES string of the molecule is [CH2]C(=O)N1CCC(Oc2ccc(OC(F)(F)F)cc2)CC1. The number of benzene rings is 1. The van der Waals surface area contributed by atoms with E-state index in [1.54, 1.807) is 4.90 Å². The Balaban J connectivity index is 1.85. The van der Waals surface area contributed by atoms with E-state index in [0.29, 0.717) is 31.7 Å². The maximum absolute atomic E-state index is 12.0. The first-order valence-electron chi connectivity index (χ1n) is 6.47. The highest BCUT2D eigenvalue weighted by Crippen LogP contribution is 2.26. The summed E-state index contributed by atoms with van der Waals surface area (Å²) < 4.78 is 45.5. The van der Waals surface area contributed by atoms with Crippen LogP contribution in [0.15, 0.2) is 24.3 Å². The summed E-state index contributed by atoms with van der Waals surface area (Å²) in [6, 6.07) is 5.27.